The highest BCUT2D eigenvalue weighted by Crippen LogP contribution is 2.14. The van der Waals surface area contributed by atoms with Crippen molar-refractivity contribution in [3.63, 3.8) is 0 Å². The lowest BCUT2D eigenvalue weighted by molar-refractivity contribution is -0.167. The van der Waals surface area contributed by atoms with Gasteiger partial charge in [-0.2, -0.15) is 0 Å². The first-order valence-corrected chi connectivity index (χ1v) is 23.8. The number of ether oxygens (including phenoxy) is 3. The van der Waals surface area contributed by atoms with Crippen molar-refractivity contribution in [2.45, 2.75) is 232 Å². The van der Waals surface area contributed by atoms with Gasteiger partial charge in [0, 0.05) is 19.3 Å². The van der Waals surface area contributed by atoms with Crippen LogP contribution in [0.3, 0.4) is 0 Å². The largest absolute Gasteiger partial charge is 0.462 e. The van der Waals surface area contributed by atoms with Crippen molar-refractivity contribution in [2.75, 3.05) is 13.2 Å². The van der Waals surface area contributed by atoms with E-state index in [0.29, 0.717) is 19.3 Å². The van der Waals surface area contributed by atoms with Gasteiger partial charge in [-0.3, -0.25) is 14.4 Å². The minimum absolute atomic E-state index is 0.0826. The Balaban J connectivity index is 4.37. The maximum absolute atomic E-state index is 12.7. The molecule has 1 atom stereocenters. The number of unbranched alkanes of at least 4 members (excludes halogenated alkanes) is 21. The van der Waals surface area contributed by atoms with Crippen molar-refractivity contribution in [2.24, 2.45) is 0 Å². The standard InChI is InChI=1S/C51H88O6/c1-4-7-10-13-16-19-21-22-23-24-25-26-27-28-30-32-35-38-41-44-50(53)56-47-48(46-55-49(52)43-40-37-34-31-18-15-12-9-6-3)57-51(54)45-42-39-36-33-29-20-17-14-11-8-5-2/h7,10,16,19,22-23,25-26,28,30,48H,4-6,8-9,11-15,17-18,20-21,24,27,29,31-47H2,1-3H3/b10-7-,19-16-,23-22-,26-25-,30-28-. The molecule has 0 fully saturated rings. The van der Waals surface area contributed by atoms with Crippen molar-refractivity contribution in [3.05, 3.63) is 60.8 Å². The number of allylic oxidation sites excluding steroid dienone is 10. The molecular formula is C51H88O6. The zero-order chi connectivity index (χ0) is 41.5. The molecule has 0 amide bonds. The molecule has 0 aromatic carbocycles. The van der Waals surface area contributed by atoms with Crippen molar-refractivity contribution in [1.29, 1.82) is 0 Å². The van der Waals surface area contributed by atoms with Gasteiger partial charge in [-0.05, 0) is 64.2 Å². The molecule has 0 aromatic heterocycles. The molecule has 57 heavy (non-hydrogen) atoms. The van der Waals surface area contributed by atoms with E-state index in [1.165, 1.54) is 89.9 Å². The first-order valence-electron chi connectivity index (χ1n) is 23.8. The van der Waals surface area contributed by atoms with E-state index >= 15 is 0 Å². The second-order valence-electron chi connectivity index (χ2n) is 15.6. The fraction of sp³-hybridized carbons (Fsp3) is 0.745. The van der Waals surface area contributed by atoms with Crippen LogP contribution in [-0.4, -0.2) is 37.2 Å². The summed E-state index contributed by atoms with van der Waals surface area (Å²) < 4.78 is 16.7. The van der Waals surface area contributed by atoms with Crippen molar-refractivity contribution < 1.29 is 28.6 Å². The average Bonchev–Trinajstić information content (AvgIpc) is 3.21. The summed E-state index contributed by atoms with van der Waals surface area (Å²) in [6.45, 7) is 6.46. The van der Waals surface area contributed by atoms with Gasteiger partial charge in [-0.1, -0.05) is 204 Å². The van der Waals surface area contributed by atoms with Gasteiger partial charge in [0.25, 0.3) is 0 Å². The number of hydrogen-bond donors (Lipinski definition) is 0. The highest BCUT2D eigenvalue weighted by Gasteiger charge is 2.19. The van der Waals surface area contributed by atoms with Crippen LogP contribution in [0, 0.1) is 0 Å². The molecular weight excluding hydrogens is 709 g/mol. The molecule has 0 heterocycles. The predicted molar refractivity (Wildman–Crippen MR) is 242 cm³/mol. The van der Waals surface area contributed by atoms with Crippen LogP contribution in [-0.2, 0) is 28.6 Å². The lowest BCUT2D eigenvalue weighted by atomic mass is 10.1. The lowest BCUT2D eigenvalue weighted by Crippen LogP contribution is -2.30. The molecule has 328 valence electrons. The molecule has 0 spiro atoms. The number of carbonyl (C=O) groups excluding carboxylic acids is 3. The monoisotopic (exact) mass is 797 g/mol. The first-order chi connectivity index (χ1) is 28.0. The van der Waals surface area contributed by atoms with Gasteiger partial charge in [0.2, 0.25) is 0 Å². The van der Waals surface area contributed by atoms with E-state index in [1.807, 2.05) is 0 Å². The third kappa shape index (κ3) is 44.1. The molecule has 0 saturated heterocycles. The van der Waals surface area contributed by atoms with Crippen LogP contribution in [0.1, 0.15) is 226 Å². The van der Waals surface area contributed by atoms with Gasteiger partial charge in [-0.15, -0.1) is 0 Å². The van der Waals surface area contributed by atoms with E-state index in [1.54, 1.807) is 0 Å². The van der Waals surface area contributed by atoms with Gasteiger partial charge in [0.1, 0.15) is 13.2 Å². The summed E-state index contributed by atoms with van der Waals surface area (Å²) in [6, 6.07) is 0. The number of carbonyl (C=O) groups is 3. The Labute approximate surface area is 351 Å². The van der Waals surface area contributed by atoms with E-state index in [2.05, 4.69) is 81.5 Å². The van der Waals surface area contributed by atoms with Crippen LogP contribution in [0.2, 0.25) is 0 Å². The zero-order valence-corrected chi connectivity index (χ0v) is 37.3. The van der Waals surface area contributed by atoms with Crippen LogP contribution in [0.5, 0.6) is 0 Å². The van der Waals surface area contributed by atoms with Crippen molar-refractivity contribution >= 4 is 17.9 Å². The maximum Gasteiger partial charge on any atom is 0.306 e. The Morgan fingerprint density at radius 3 is 1.07 bits per heavy atom. The lowest BCUT2D eigenvalue weighted by Gasteiger charge is -2.18. The third-order valence-corrected chi connectivity index (χ3v) is 10.0. The number of rotatable bonds is 42. The Hall–Kier alpha value is -2.89. The summed E-state index contributed by atoms with van der Waals surface area (Å²) in [5, 5.41) is 0. The van der Waals surface area contributed by atoms with Crippen molar-refractivity contribution in [1.82, 2.24) is 0 Å². The maximum atomic E-state index is 12.7. The smallest absolute Gasteiger partial charge is 0.306 e. The summed E-state index contributed by atoms with van der Waals surface area (Å²) in [5.41, 5.74) is 0. The van der Waals surface area contributed by atoms with Crippen LogP contribution in [0.4, 0.5) is 0 Å². The van der Waals surface area contributed by atoms with Gasteiger partial charge < -0.3 is 14.2 Å². The van der Waals surface area contributed by atoms with Gasteiger partial charge in [-0.25, -0.2) is 0 Å². The molecule has 1 unspecified atom stereocenters. The Morgan fingerprint density at radius 2 is 0.684 bits per heavy atom. The fourth-order valence-electron chi connectivity index (χ4n) is 6.47. The molecule has 0 N–H and O–H groups in total. The molecule has 0 aromatic rings. The van der Waals surface area contributed by atoms with Gasteiger partial charge >= 0.3 is 17.9 Å². The molecule has 0 bridgehead atoms. The SMILES string of the molecule is CC/C=C\C/C=C\C/C=C\C/C=C\C/C=C\CCCCCC(=O)OCC(COC(=O)CCCCCCCCCCC)OC(=O)CCCCCCCCCCCCC. The molecule has 0 aliphatic carbocycles. The average molecular weight is 797 g/mol. The first kappa shape index (κ1) is 54.1. The molecule has 0 saturated carbocycles. The fourth-order valence-corrected chi connectivity index (χ4v) is 6.47. The van der Waals surface area contributed by atoms with E-state index in [4.69, 9.17) is 14.2 Å². The van der Waals surface area contributed by atoms with E-state index in [0.717, 1.165) is 96.3 Å². The van der Waals surface area contributed by atoms with E-state index < -0.39 is 6.10 Å². The summed E-state index contributed by atoms with van der Waals surface area (Å²) in [6.07, 6.45) is 54.9. The summed E-state index contributed by atoms with van der Waals surface area (Å²) in [7, 11) is 0. The van der Waals surface area contributed by atoms with Crippen LogP contribution in [0.15, 0.2) is 60.8 Å². The summed E-state index contributed by atoms with van der Waals surface area (Å²) >= 11 is 0. The topological polar surface area (TPSA) is 78.9 Å². The normalized spacial score (nSPS) is 12.5. The quantitative estimate of drug-likeness (QED) is 0.0265. The second kappa shape index (κ2) is 45.8. The minimum atomic E-state index is -0.781. The van der Waals surface area contributed by atoms with E-state index in [9.17, 15) is 14.4 Å². The molecule has 0 aliphatic rings. The number of hydrogen-bond acceptors (Lipinski definition) is 6. The molecule has 0 rings (SSSR count). The molecule has 6 heteroatoms. The Bertz CT molecular complexity index is 1050. The van der Waals surface area contributed by atoms with Crippen molar-refractivity contribution in [3.8, 4) is 0 Å². The molecule has 6 nitrogen and oxygen atoms in total. The van der Waals surface area contributed by atoms with Crippen LogP contribution in [0.25, 0.3) is 0 Å². The van der Waals surface area contributed by atoms with Gasteiger partial charge in [0.05, 0.1) is 0 Å². The predicted octanol–water partition coefficient (Wildman–Crippen LogP) is 15.3. The number of esters is 3. The summed E-state index contributed by atoms with van der Waals surface area (Å²) in [5.74, 6) is -0.919. The summed E-state index contributed by atoms with van der Waals surface area (Å²) in [4.78, 5) is 37.7. The zero-order valence-electron chi connectivity index (χ0n) is 37.3. The van der Waals surface area contributed by atoms with E-state index in [-0.39, 0.29) is 31.1 Å². The molecule has 0 radical (unpaired) electrons. The Morgan fingerprint density at radius 1 is 0.368 bits per heavy atom. The Kier molecular flexibility index (Phi) is 43.5. The highest BCUT2D eigenvalue weighted by molar-refractivity contribution is 5.71. The third-order valence-electron chi connectivity index (χ3n) is 10.0. The van der Waals surface area contributed by atoms with Crippen LogP contribution < -0.4 is 0 Å². The highest BCUT2D eigenvalue weighted by atomic mass is 16.6. The molecule has 0 aliphatic heterocycles. The van der Waals surface area contributed by atoms with Crippen LogP contribution >= 0.6 is 0 Å². The second-order valence-corrected chi connectivity index (χ2v) is 15.6. The minimum Gasteiger partial charge on any atom is -0.462 e. The van der Waals surface area contributed by atoms with Gasteiger partial charge in [0.15, 0.2) is 6.10 Å².